The summed E-state index contributed by atoms with van der Waals surface area (Å²) in [5.74, 6) is 2.06. The molecule has 0 spiro atoms. The van der Waals surface area contributed by atoms with E-state index in [9.17, 15) is 0 Å². The Labute approximate surface area is 119 Å². The van der Waals surface area contributed by atoms with Crippen LogP contribution in [0.15, 0.2) is 17.0 Å². The molecule has 0 atom stereocenters. The lowest BCUT2D eigenvalue weighted by Crippen LogP contribution is -2.19. The Morgan fingerprint density at radius 1 is 1.40 bits per heavy atom. The van der Waals surface area contributed by atoms with Gasteiger partial charge in [-0.05, 0) is 18.9 Å². The third-order valence-electron chi connectivity index (χ3n) is 2.85. The molecule has 0 bridgehead atoms. The zero-order valence-corrected chi connectivity index (χ0v) is 12.5. The third-order valence-corrected chi connectivity index (χ3v) is 2.85. The number of aromatic nitrogens is 4. The minimum absolute atomic E-state index is 0.577. The summed E-state index contributed by atoms with van der Waals surface area (Å²) in [7, 11) is 0. The predicted molar refractivity (Wildman–Crippen MR) is 76.2 cm³/mol. The molecule has 0 fully saturated rings. The molecule has 0 saturated heterocycles. The third kappa shape index (κ3) is 4.45. The molecule has 0 radical (unpaired) electrons. The van der Waals surface area contributed by atoms with Crippen molar-refractivity contribution in [2.75, 3.05) is 6.54 Å². The van der Waals surface area contributed by atoms with Crippen LogP contribution >= 0.6 is 0 Å². The maximum Gasteiger partial charge on any atom is 0.246 e. The molecule has 0 aromatic carbocycles. The van der Waals surface area contributed by atoms with Gasteiger partial charge in [-0.25, -0.2) is 4.98 Å². The molecule has 2 aromatic heterocycles. The van der Waals surface area contributed by atoms with Crippen molar-refractivity contribution in [3.63, 3.8) is 0 Å². The number of hydrogen-bond donors (Lipinski definition) is 1. The van der Waals surface area contributed by atoms with Gasteiger partial charge in [0.15, 0.2) is 5.82 Å². The topological polar surface area (TPSA) is 68.8 Å². The van der Waals surface area contributed by atoms with E-state index in [2.05, 4.69) is 41.2 Å². The number of imidazole rings is 1. The summed E-state index contributed by atoms with van der Waals surface area (Å²) in [6.07, 6.45) is 5.70. The maximum absolute atomic E-state index is 5.22. The monoisotopic (exact) mass is 277 g/mol. The molecule has 6 heteroatoms. The summed E-state index contributed by atoms with van der Waals surface area (Å²) >= 11 is 0. The smallest absolute Gasteiger partial charge is 0.246 e. The van der Waals surface area contributed by atoms with E-state index in [-0.39, 0.29) is 0 Å². The summed E-state index contributed by atoms with van der Waals surface area (Å²) in [4.78, 5) is 8.71. The summed E-state index contributed by atoms with van der Waals surface area (Å²) in [6, 6.07) is 0. The van der Waals surface area contributed by atoms with Gasteiger partial charge < -0.3 is 14.4 Å². The second-order valence-corrected chi connectivity index (χ2v) is 5.42. The van der Waals surface area contributed by atoms with Crippen LogP contribution in [0.3, 0.4) is 0 Å². The number of aryl methyl sites for hydroxylation is 1. The number of nitrogens with zero attached hydrogens (tertiary/aromatic N) is 4. The summed E-state index contributed by atoms with van der Waals surface area (Å²) in [6.45, 7) is 8.84. The fraction of sp³-hybridized carbons (Fsp3) is 0.643. The van der Waals surface area contributed by atoms with Gasteiger partial charge in [-0.15, -0.1) is 0 Å². The highest BCUT2D eigenvalue weighted by molar-refractivity contribution is 4.98. The Morgan fingerprint density at radius 3 is 3.00 bits per heavy atom. The zero-order chi connectivity index (χ0) is 14.4. The Morgan fingerprint density at radius 2 is 2.25 bits per heavy atom. The van der Waals surface area contributed by atoms with Gasteiger partial charge in [-0.1, -0.05) is 25.9 Å². The first-order valence-corrected chi connectivity index (χ1v) is 7.20. The van der Waals surface area contributed by atoms with E-state index < -0.39 is 0 Å². The molecule has 2 aromatic rings. The van der Waals surface area contributed by atoms with Crippen LogP contribution in [-0.2, 0) is 19.5 Å². The van der Waals surface area contributed by atoms with Crippen LogP contribution in [0.2, 0.25) is 0 Å². The van der Waals surface area contributed by atoms with Crippen LogP contribution in [0.25, 0.3) is 0 Å². The van der Waals surface area contributed by atoms with Gasteiger partial charge in [0, 0.05) is 19.2 Å². The first-order chi connectivity index (χ1) is 9.67. The van der Waals surface area contributed by atoms with Gasteiger partial charge in [0.2, 0.25) is 5.89 Å². The van der Waals surface area contributed by atoms with E-state index in [0.717, 1.165) is 37.4 Å². The van der Waals surface area contributed by atoms with Crippen LogP contribution in [0.5, 0.6) is 0 Å². The molecule has 2 heterocycles. The SMILES string of the molecule is CCCc1noc(Cn2cnc(CNCC(C)C)c2)n1. The van der Waals surface area contributed by atoms with Gasteiger partial charge >= 0.3 is 0 Å². The largest absolute Gasteiger partial charge is 0.337 e. The van der Waals surface area contributed by atoms with Crippen molar-refractivity contribution in [2.45, 2.75) is 46.7 Å². The van der Waals surface area contributed by atoms with Gasteiger partial charge in [-0.2, -0.15) is 4.98 Å². The molecule has 6 nitrogen and oxygen atoms in total. The molecule has 0 aliphatic carbocycles. The maximum atomic E-state index is 5.22. The number of hydrogen-bond acceptors (Lipinski definition) is 5. The van der Waals surface area contributed by atoms with Crippen LogP contribution in [0.1, 0.15) is 44.6 Å². The molecule has 0 unspecified atom stereocenters. The fourth-order valence-corrected chi connectivity index (χ4v) is 1.91. The van der Waals surface area contributed by atoms with Crippen LogP contribution in [0.4, 0.5) is 0 Å². The van der Waals surface area contributed by atoms with E-state index in [1.54, 1.807) is 6.33 Å². The predicted octanol–water partition coefficient (Wildman–Crippen LogP) is 2.01. The Bertz CT molecular complexity index is 517. The molecule has 0 amide bonds. The summed E-state index contributed by atoms with van der Waals surface area (Å²) < 4.78 is 7.19. The quantitative estimate of drug-likeness (QED) is 0.799. The Hall–Kier alpha value is -1.69. The zero-order valence-electron chi connectivity index (χ0n) is 12.5. The van der Waals surface area contributed by atoms with Crippen molar-refractivity contribution in [1.82, 2.24) is 25.0 Å². The van der Waals surface area contributed by atoms with E-state index in [4.69, 9.17) is 4.52 Å². The molecule has 0 aliphatic rings. The molecule has 0 saturated carbocycles. The van der Waals surface area contributed by atoms with E-state index >= 15 is 0 Å². The Balaban J connectivity index is 1.85. The number of nitrogens with one attached hydrogen (secondary N) is 1. The van der Waals surface area contributed by atoms with Crippen molar-refractivity contribution in [3.05, 3.63) is 29.9 Å². The van der Waals surface area contributed by atoms with E-state index in [0.29, 0.717) is 18.4 Å². The van der Waals surface area contributed by atoms with Crippen LogP contribution < -0.4 is 5.32 Å². The fourth-order valence-electron chi connectivity index (χ4n) is 1.91. The van der Waals surface area contributed by atoms with E-state index in [1.807, 2.05) is 10.8 Å². The highest BCUT2D eigenvalue weighted by atomic mass is 16.5. The molecule has 20 heavy (non-hydrogen) atoms. The average molecular weight is 277 g/mol. The second kappa shape index (κ2) is 7.19. The van der Waals surface area contributed by atoms with Crippen LogP contribution in [-0.4, -0.2) is 26.2 Å². The second-order valence-electron chi connectivity index (χ2n) is 5.42. The molecular weight excluding hydrogens is 254 g/mol. The van der Waals surface area contributed by atoms with Crippen molar-refractivity contribution >= 4 is 0 Å². The first kappa shape index (κ1) is 14.7. The molecule has 110 valence electrons. The number of rotatable bonds is 8. The van der Waals surface area contributed by atoms with Crippen molar-refractivity contribution < 1.29 is 4.52 Å². The lowest BCUT2D eigenvalue weighted by molar-refractivity contribution is 0.366. The highest BCUT2D eigenvalue weighted by Crippen LogP contribution is 2.04. The van der Waals surface area contributed by atoms with Gasteiger partial charge in [0.25, 0.3) is 0 Å². The van der Waals surface area contributed by atoms with Crippen molar-refractivity contribution in [3.8, 4) is 0 Å². The Kier molecular flexibility index (Phi) is 5.29. The van der Waals surface area contributed by atoms with Gasteiger partial charge in [0.1, 0.15) is 6.54 Å². The molecule has 1 N–H and O–H groups in total. The van der Waals surface area contributed by atoms with E-state index in [1.165, 1.54) is 0 Å². The highest BCUT2D eigenvalue weighted by Gasteiger charge is 2.07. The van der Waals surface area contributed by atoms with Gasteiger partial charge in [-0.3, -0.25) is 0 Å². The van der Waals surface area contributed by atoms with Crippen molar-refractivity contribution in [1.29, 1.82) is 0 Å². The summed E-state index contributed by atoms with van der Waals surface area (Å²) in [5.41, 5.74) is 1.03. The molecule has 0 aliphatic heterocycles. The van der Waals surface area contributed by atoms with Gasteiger partial charge in [0.05, 0.1) is 12.0 Å². The minimum atomic E-state index is 0.577. The van der Waals surface area contributed by atoms with Crippen LogP contribution in [0, 0.1) is 5.92 Å². The average Bonchev–Trinajstić information content (AvgIpc) is 3.00. The normalized spacial score (nSPS) is 11.4. The minimum Gasteiger partial charge on any atom is -0.337 e. The summed E-state index contributed by atoms with van der Waals surface area (Å²) in [5, 5.41) is 7.32. The molecule has 2 rings (SSSR count). The lowest BCUT2D eigenvalue weighted by Gasteiger charge is -2.04. The standard InChI is InChI=1S/C14H23N5O/c1-4-5-13-17-14(20-18-13)9-19-8-12(16-10-19)7-15-6-11(2)3/h8,10-11,15H,4-7,9H2,1-3H3. The van der Waals surface area contributed by atoms with Crippen molar-refractivity contribution in [2.24, 2.45) is 5.92 Å². The first-order valence-electron chi connectivity index (χ1n) is 7.20. The lowest BCUT2D eigenvalue weighted by atomic mass is 10.2. The molecular formula is C14H23N5O.